The van der Waals surface area contributed by atoms with Gasteiger partial charge in [-0.3, -0.25) is 14.2 Å². The van der Waals surface area contributed by atoms with Gasteiger partial charge in [0.05, 0.1) is 12.7 Å². The van der Waals surface area contributed by atoms with Gasteiger partial charge in [0.1, 0.15) is 0 Å². The molecule has 2 heterocycles. The lowest BCUT2D eigenvalue weighted by Gasteiger charge is -2.08. The van der Waals surface area contributed by atoms with Crippen LogP contribution < -0.4 is 5.32 Å². The minimum Gasteiger partial charge on any atom is -0.326 e. The van der Waals surface area contributed by atoms with Crippen LogP contribution in [0.15, 0.2) is 55.1 Å². The van der Waals surface area contributed by atoms with Gasteiger partial charge in [0.25, 0.3) is 0 Å². The molecule has 0 saturated carbocycles. The smallest absolute Gasteiger partial charge is 0.226 e. The lowest BCUT2D eigenvalue weighted by Crippen LogP contribution is -2.15. The molecule has 0 bridgehead atoms. The van der Waals surface area contributed by atoms with Crippen molar-refractivity contribution in [3.8, 4) is 0 Å². The number of amides is 1. The van der Waals surface area contributed by atoms with Gasteiger partial charge in [-0.05, 0) is 36.2 Å². The lowest BCUT2D eigenvalue weighted by molar-refractivity contribution is -0.116. The summed E-state index contributed by atoms with van der Waals surface area (Å²) in [6.07, 6.45) is 7.78. The highest BCUT2D eigenvalue weighted by Gasteiger charge is 2.05. The van der Waals surface area contributed by atoms with Crippen LogP contribution in [0.25, 0.3) is 0 Å². The van der Waals surface area contributed by atoms with Gasteiger partial charge in [-0.1, -0.05) is 12.1 Å². The van der Waals surface area contributed by atoms with Crippen molar-refractivity contribution in [2.75, 3.05) is 5.32 Å². The van der Waals surface area contributed by atoms with Crippen molar-refractivity contribution in [1.82, 2.24) is 19.6 Å². The molecule has 0 saturated heterocycles. The molecular formula is C17H19N5O. The van der Waals surface area contributed by atoms with Crippen molar-refractivity contribution in [2.45, 2.75) is 26.4 Å². The third-order valence-electron chi connectivity index (χ3n) is 3.44. The minimum absolute atomic E-state index is 0.0191. The quantitative estimate of drug-likeness (QED) is 0.760. The SMILES string of the molecule is Cc1cnn(CCC(=O)Nc2cccc(Cn3cccn3)c2)c1. The number of carbonyl (C=O) groups excluding carboxylic acids is 1. The number of hydrogen-bond acceptors (Lipinski definition) is 3. The molecule has 1 N–H and O–H groups in total. The van der Waals surface area contributed by atoms with Crippen molar-refractivity contribution in [3.63, 3.8) is 0 Å². The highest BCUT2D eigenvalue weighted by molar-refractivity contribution is 5.90. The average Bonchev–Trinajstić information content (AvgIpc) is 3.17. The van der Waals surface area contributed by atoms with Crippen LogP contribution >= 0.6 is 0 Å². The van der Waals surface area contributed by atoms with Gasteiger partial charge >= 0.3 is 0 Å². The van der Waals surface area contributed by atoms with Gasteiger partial charge in [-0.2, -0.15) is 10.2 Å². The van der Waals surface area contributed by atoms with E-state index in [4.69, 9.17) is 0 Å². The van der Waals surface area contributed by atoms with E-state index >= 15 is 0 Å². The van der Waals surface area contributed by atoms with Crippen LogP contribution in [0.5, 0.6) is 0 Å². The van der Waals surface area contributed by atoms with Crippen molar-refractivity contribution in [1.29, 1.82) is 0 Å². The molecule has 0 atom stereocenters. The molecule has 23 heavy (non-hydrogen) atoms. The van der Waals surface area contributed by atoms with Gasteiger partial charge in [0, 0.05) is 37.2 Å². The molecule has 0 unspecified atom stereocenters. The average molecular weight is 309 g/mol. The minimum atomic E-state index is -0.0191. The van der Waals surface area contributed by atoms with Crippen LogP contribution in [0.3, 0.4) is 0 Å². The molecule has 0 aliphatic rings. The maximum Gasteiger partial charge on any atom is 0.226 e. The molecule has 6 heteroatoms. The normalized spacial score (nSPS) is 10.7. The van der Waals surface area contributed by atoms with E-state index in [1.165, 1.54) is 0 Å². The summed E-state index contributed by atoms with van der Waals surface area (Å²) >= 11 is 0. The fourth-order valence-corrected chi connectivity index (χ4v) is 2.36. The molecular weight excluding hydrogens is 290 g/mol. The zero-order chi connectivity index (χ0) is 16.1. The summed E-state index contributed by atoms with van der Waals surface area (Å²) in [6.45, 7) is 3.24. The van der Waals surface area contributed by atoms with Crippen LogP contribution in [0.4, 0.5) is 5.69 Å². The lowest BCUT2D eigenvalue weighted by atomic mass is 10.2. The molecule has 2 aromatic heterocycles. The van der Waals surface area contributed by atoms with Gasteiger partial charge in [0.2, 0.25) is 5.91 Å². The second-order valence-corrected chi connectivity index (χ2v) is 5.48. The Balaban J connectivity index is 1.55. The number of aryl methyl sites for hydroxylation is 2. The number of hydrogen-bond donors (Lipinski definition) is 1. The van der Waals surface area contributed by atoms with E-state index in [1.807, 2.05) is 54.3 Å². The Labute approximate surface area is 134 Å². The summed E-state index contributed by atoms with van der Waals surface area (Å²) in [5.74, 6) is -0.0191. The summed E-state index contributed by atoms with van der Waals surface area (Å²) in [6, 6.07) is 9.71. The Morgan fingerprint density at radius 1 is 1.22 bits per heavy atom. The van der Waals surface area contributed by atoms with Crippen LogP contribution in [-0.2, 0) is 17.9 Å². The first kappa shape index (κ1) is 15.0. The first-order valence-electron chi connectivity index (χ1n) is 7.54. The van der Waals surface area contributed by atoms with Crippen LogP contribution in [-0.4, -0.2) is 25.5 Å². The molecule has 0 aliphatic carbocycles. The predicted octanol–water partition coefficient (Wildman–Crippen LogP) is 2.47. The fraction of sp³-hybridized carbons (Fsp3) is 0.235. The number of rotatable bonds is 6. The van der Waals surface area contributed by atoms with E-state index in [2.05, 4.69) is 15.5 Å². The summed E-state index contributed by atoms with van der Waals surface area (Å²) < 4.78 is 3.63. The Kier molecular flexibility index (Phi) is 4.52. The summed E-state index contributed by atoms with van der Waals surface area (Å²) in [5.41, 5.74) is 2.99. The Bertz CT molecular complexity index is 776. The Morgan fingerprint density at radius 2 is 2.13 bits per heavy atom. The fourth-order valence-electron chi connectivity index (χ4n) is 2.36. The molecule has 3 aromatic rings. The van der Waals surface area contributed by atoms with E-state index in [-0.39, 0.29) is 5.91 Å². The van der Waals surface area contributed by atoms with E-state index < -0.39 is 0 Å². The van der Waals surface area contributed by atoms with Crippen molar-refractivity contribution in [2.24, 2.45) is 0 Å². The Morgan fingerprint density at radius 3 is 2.87 bits per heavy atom. The molecule has 0 radical (unpaired) electrons. The number of nitrogens with one attached hydrogen (secondary N) is 1. The number of anilines is 1. The number of carbonyl (C=O) groups is 1. The Hall–Kier alpha value is -2.89. The van der Waals surface area contributed by atoms with Crippen LogP contribution in [0, 0.1) is 6.92 Å². The maximum absolute atomic E-state index is 12.1. The third kappa shape index (κ3) is 4.29. The first-order chi connectivity index (χ1) is 11.2. The molecule has 118 valence electrons. The number of benzene rings is 1. The summed E-state index contributed by atoms with van der Waals surface area (Å²) in [4.78, 5) is 12.1. The zero-order valence-corrected chi connectivity index (χ0v) is 13.0. The molecule has 0 spiro atoms. The van der Waals surface area contributed by atoms with Gasteiger partial charge in [-0.15, -0.1) is 0 Å². The van der Waals surface area contributed by atoms with Gasteiger partial charge in [-0.25, -0.2) is 0 Å². The number of aromatic nitrogens is 4. The van der Waals surface area contributed by atoms with E-state index in [0.717, 1.165) is 16.8 Å². The van der Waals surface area contributed by atoms with Gasteiger partial charge in [0.15, 0.2) is 0 Å². The highest BCUT2D eigenvalue weighted by Crippen LogP contribution is 2.12. The number of nitrogens with zero attached hydrogens (tertiary/aromatic N) is 4. The molecule has 1 aromatic carbocycles. The highest BCUT2D eigenvalue weighted by atomic mass is 16.1. The van der Waals surface area contributed by atoms with E-state index in [1.54, 1.807) is 17.1 Å². The van der Waals surface area contributed by atoms with Crippen molar-refractivity contribution in [3.05, 3.63) is 66.2 Å². The second kappa shape index (κ2) is 6.91. The van der Waals surface area contributed by atoms with Crippen molar-refractivity contribution >= 4 is 11.6 Å². The molecule has 3 rings (SSSR count). The monoisotopic (exact) mass is 309 g/mol. The third-order valence-corrected chi connectivity index (χ3v) is 3.44. The maximum atomic E-state index is 12.1. The predicted molar refractivity (Wildman–Crippen MR) is 88.0 cm³/mol. The first-order valence-corrected chi connectivity index (χ1v) is 7.54. The van der Waals surface area contributed by atoms with E-state index in [0.29, 0.717) is 19.5 Å². The van der Waals surface area contributed by atoms with Crippen LogP contribution in [0.2, 0.25) is 0 Å². The molecule has 1 amide bonds. The molecule has 6 nitrogen and oxygen atoms in total. The van der Waals surface area contributed by atoms with Crippen molar-refractivity contribution < 1.29 is 4.79 Å². The van der Waals surface area contributed by atoms with E-state index in [9.17, 15) is 4.79 Å². The standard InChI is InChI=1S/C17H19N5O/c1-14-11-19-22(12-14)9-6-17(23)20-16-5-2-4-15(10-16)13-21-8-3-7-18-21/h2-5,7-8,10-12H,6,9,13H2,1H3,(H,20,23). The molecule has 0 fully saturated rings. The summed E-state index contributed by atoms with van der Waals surface area (Å²) in [7, 11) is 0. The largest absolute Gasteiger partial charge is 0.326 e. The topological polar surface area (TPSA) is 64.7 Å². The van der Waals surface area contributed by atoms with Gasteiger partial charge < -0.3 is 5.32 Å². The van der Waals surface area contributed by atoms with Crippen LogP contribution in [0.1, 0.15) is 17.5 Å². The summed E-state index contributed by atoms with van der Waals surface area (Å²) in [5, 5.41) is 11.3. The zero-order valence-electron chi connectivity index (χ0n) is 13.0. The molecule has 0 aliphatic heterocycles. The second-order valence-electron chi connectivity index (χ2n) is 5.48.